The van der Waals surface area contributed by atoms with E-state index in [4.69, 9.17) is 16.3 Å². The summed E-state index contributed by atoms with van der Waals surface area (Å²) in [6, 6.07) is 9.13. The van der Waals surface area contributed by atoms with Crippen molar-refractivity contribution in [2.75, 3.05) is 0 Å². The summed E-state index contributed by atoms with van der Waals surface area (Å²) in [7, 11) is 0. The van der Waals surface area contributed by atoms with E-state index in [1.165, 1.54) is 0 Å². The maximum atomic E-state index is 12.1. The lowest BCUT2D eigenvalue weighted by Gasteiger charge is -2.34. The predicted molar refractivity (Wildman–Crippen MR) is 87.5 cm³/mol. The molecule has 0 aliphatic heterocycles. The third-order valence-electron chi connectivity index (χ3n) is 4.10. The summed E-state index contributed by atoms with van der Waals surface area (Å²) in [6.07, 6.45) is 4.08. The predicted octanol–water partition coefficient (Wildman–Crippen LogP) is 3.31. The quantitative estimate of drug-likeness (QED) is 0.747. The van der Waals surface area contributed by atoms with Crippen LogP contribution >= 0.6 is 11.6 Å². The van der Waals surface area contributed by atoms with Gasteiger partial charge in [0.1, 0.15) is 11.3 Å². The molecule has 2 N–H and O–H groups in total. The van der Waals surface area contributed by atoms with Crippen LogP contribution in [0, 0.1) is 0 Å². The van der Waals surface area contributed by atoms with Crippen LogP contribution in [0.5, 0.6) is 5.75 Å². The first-order valence-corrected chi connectivity index (χ1v) is 8.36. The van der Waals surface area contributed by atoms with Gasteiger partial charge in [0.15, 0.2) is 5.56 Å². The molecule has 1 unspecified atom stereocenters. The van der Waals surface area contributed by atoms with E-state index in [0.717, 1.165) is 19.3 Å². The fourth-order valence-corrected chi connectivity index (χ4v) is 3.04. The Kier molecular flexibility index (Phi) is 6.28. The molecule has 1 atom stereocenters. The minimum atomic E-state index is -1.11. The first-order chi connectivity index (χ1) is 11.0. The van der Waals surface area contributed by atoms with Crippen LogP contribution in [0.2, 0.25) is 0 Å². The molecule has 1 aromatic carbocycles. The van der Waals surface area contributed by atoms with Gasteiger partial charge >= 0.3 is 5.97 Å². The minimum Gasteiger partial charge on any atom is -0.480 e. The number of hydrogen-bond acceptors (Lipinski definition) is 3. The zero-order valence-electron chi connectivity index (χ0n) is 13.0. The van der Waals surface area contributed by atoms with E-state index < -0.39 is 17.1 Å². The monoisotopic (exact) mass is 339 g/mol. The third-order valence-corrected chi connectivity index (χ3v) is 4.41. The van der Waals surface area contributed by atoms with Gasteiger partial charge in [0.05, 0.1) is 0 Å². The molecule has 6 heteroatoms. The average Bonchev–Trinajstić information content (AvgIpc) is 2.55. The topological polar surface area (TPSA) is 75.6 Å². The Bertz CT molecular complexity index is 529. The molecular formula is C17H22ClNO4. The molecule has 0 saturated heterocycles. The first kappa shape index (κ1) is 17.6. The maximum Gasteiger partial charge on any atom is 0.329 e. The van der Waals surface area contributed by atoms with Crippen LogP contribution < -0.4 is 10.1 Å². The number of carboxylic acids is 1. The second-order valence-corrected chi connectivity index (χ2v) is 6.36. The number of alkyl halides is 1. The number of aliphatic carboxylic acids is 1. The molecule has 1 aromatic rings. The molecule has 0 spiro atoms. The van der Waals surface area contributed by atoms with Gasteiger partial charge < -0.3 is 15.2 Å². The zero-order chi connectivity index (χ0) is 16.7. The average molecular weight is 340 g/mol. The van der Waals surface area contributed by atoms with Crippen molar-refractivity contribution in [3.05, 3.63) is 30.3 Å². The van der Waals surface area contributed by atoms with E-state index in [-0.39, 0.29) is 12.3 Å². The highest BCUT2D eigenvalue weighted by molar-refractivity contribution is 6.19. The fraction of sp³-hybridized carbons (Fsp3) is 0.529. The normalized spacial score (nSPS) is 18.0. The molecule has 23 heavy (non-hydrogen) atoms. The van der Waals surface area contributed by atoms with Crippen molar-refractivity contribution < 1.29 is 19.4 Å². The summed E-state index contributed by atoms with van der Waals surface area (Å²) in [6.45, 7) is 0. The molecule has 1 saturated carbocycles. The molecule has 0 heterocycles. The molecular weight excluding hydrogens is 318 g/mol. The lowest BCUT2D eigenvalue weighted by molar-refractivity contribution is -0.149. The number of nitrogens with one attached hydrogen (secondary N) is 1. The van der Waals surface area contributed by atoms with Gasteiger partial charge in [-0.1, -0.05) is 49.1 Å². The van der Waals surface area contributed by atoms with Gasteiger partial charge in [-0.25, -0.2) is 4.79 Å². The Morgan fingerprint density at radius 2 is 1.87 bits per heavy atom. The van der Waals surface area contributed by atoms with Crippen LogP contribution in [-0.2, 0) is 9.59 Å². The second kappa shape index (κ2) is 8.20. The van der Waals surface area contributed by atoms with E-state index in [1.807, 2.05) is 18.2 Å². The van der Waals surface area contributed by atoms with E-state index >= 15 is 0 Å². The lowest BCUT2D eigenvalue weighted by atomic mass is 9.81. The number of halogens is 1. The SMILES string of the molecule is O=C(CCC(Cl)Oc1ccccc1)NC1(C(=O)O)CCCCC1. The van der Waals surface area contributed by atoms with Crippen molar-refractivity contribution in [2.24, 2.45) is 0 Å². The Morgan fingerprint density at radius 1 is 1.22 bits per heavy atom. The van der Waals surface area contributed by atoms with Gasteiger partial charge in [-0.15, -0.1) is 0 Å². The number of para-hydroxylation sites is 1. The molecule has 2 rings (SSSR count). The van der Waals surface area contributed by atoms with Crippen molar-refractivity contribution in [2.45, 2.75) is 56.0 Å². The molecule has 1 aliphatic rings. The van der Waals surface area contributed by atoms with Crippen LogP contribution in [0.25, 0.3) is 0 Å². The second-order valence-electron chi connectivity index (χ2n) is 5.88. The summed E-state index contributed by atoms with van der Waals surface area (Å²) in [5.41, 5.74) is -1.74. The molecule has 1 aliphatic carbocycles. The Labute approximate surface area is 141 Å². The number of carboxylic acid groups (broad SMARTS) is 1. The van der Waals surface area contributed by atoms with Crippen molar-refractivity contribution in [1.82, 2.24) is 5.32 Å². The molecule has 1 fully saturated rings. The Balaban J connectivity index is 1.80. The van der Waals surface area contributed by atoms with Crippen LogP contribution in [0.3, 0.4) is 0 Å². The number of ether oxygens (including phenoxy) is 1. The van der Waals surface area contributed by atoms with Crippen LogP contribution in [0.1, 0.15) is 44.9 Å². The highest BCUT2D eigenvalue weighted by Crippen LogP contribution is 2.28. The number of carbonyl (C=O) groups is 2. The van der Waals surface area contributed by atoms with E-state index in [1.54, 1.807) is 12.1 Å². The standard InChI is InChI=1S/C17H22ClNO4/c18-14(23-13-7-3-1-4-8-13)9-10-15(20)19-17(16(21)22)11-5-2-6-12-17/h1,3-4,7-8,14H,2,5-6,9-12H2,(H,19,20)(H,21,22). The first-order valence-electron chi connectivity index (χ1n) is 7.92. The van der Waals surface area contributed by atoms with Crippen molar-refractivity contribution in [1.29, 1.82) is 0 Å². The van der Waals surface area contributed by atoms with E-state index in [9.17, 15) is 14.7 Å². The fourth-order valence-electron chi connectivity index (χ4n) is 2.83. The number of rotatable bonds is 7. The highest BCUT2D eigenvalue weighted by atomic mass is 35.5. The zero-order valence-corrected chi connectivity index (χ0v) is 13.7. The van der Waals surface area contributed by atoms with Crippen molar-refractivity contribution >= 4 is 23.5 Å². The van der Waals surface area contributed by atoms with Crippen molar-refractivity contribution in [3.8, 4) is 5.75 Å². The molecule has 0 bridgehead atoms. The molecule has 0 radical (unpaired) electrons. The summed E-state index contributed by atoms with van der Waals surface area (Å²) in [5, 5.41) is 12.1. The minimum absolute atomic E-state index is 0.135. The van der Waals surface area contributed by atoms with Gasteiger partial charge in [0.25, 0.3) is 0 Å². The summed E-state index contributed by atoms with van der Waals surface area (Å²) in [5.74, 6) is -0.604. The summed E-state index contributed by atoms with van der Waals surface area (Å²) in [4.78, 5) is 23.6. The highest BCUT2D eigenvalue weighted by Gasteiger charge is 2.40. The van der Waals surface area contributed by atoms with Crippen LogP contribution in [-0.4, -0.2) is 28.1 Å². The molecule has 1 amide bonds. The smallest absolute Gasteiger partial charge is 0.329 e. The maximum absolute atomic E-state index is 12.1. The van der Waals surface area contributed by atoms with E-state index in [0.29, 0.717) is 25.0 Å². The summed E-state index contributed by atoms with van der Waals surface area (Å²) < 4.78 is 5.50. The van der Waals surface area contributed by atoms with E-state index in [2.05, 4.69) is 5.32 Å². The van der Waals surface area contributed by atoms with Crippen LogP contribution in [0.15, 0.2) is 30.3 Å². The molecule has 5 nitrogen and oxygen atoms in total. The third kappa shape index (κ3) is 5.13. The molecule has 0 aromatic heterocycles. The summed E-state index contributed by atoms with van der Waals surface area (Å²) >= 11 is 6.08. The van der Waals surface area contributed by atoms with Crippen LogP contribution in [0.4, 0.5) is 0 Å². The largest absolute Gasteiger partial charge is 0.480 e. The molecule has 126 valence electrons. The lowest BCUT2D eigenvalue weighted by Crippen LogP contribution is -2.55. The Hall–Kier alpha value is -1.75. The number of amides is 1. The number of benzene rings is 1. The van der Waals surface area contributed by atoms with Crippen molar-refractivity contribution in [3.63, 3.8) is 0 Å². The number of hydrogen-bond donors (Lipinski definition) is 2. The van der Waals surface area contributed by atoms with Gasteiger partial charge in [-0.2, -0.15) is 0 Å². The van der Waals surface area contributed by atoms with Gasteiger partial charge in [0.2, 0.25) is 5.91 Å². The number of carbonyl (C=O) groups excluding carboxylic acids is 1. The van der Waals surface area contributed by atoms with Gasteiger partial charge in [-0.3, -0.25) is 4.79 Å². The van der Waals surface area contributed by atoms with Gasteiger partial charge in [0, 0.05) is 12.8 Å². The van der Waals surface area contributed by atoms with Gasteiger partial charge in [-0.05, 0) is 25.0 Å². The Morgan fingerprint density at radius 3 is 2.48 bits per heavy atom.